The molecule has 0 saturated carbocycles. The number of halogens is 3. The minimum atomic E-state index is -0.634. The summed E-state index contributed by atoms with van der Waals surface area (Å²) in [5.74, 6) is -0.157. The first kappa shape index (κ1) is 18.3. The van der Waals surface area contributed by atoms with Crippen molar-refractivity contribution in [1.82, 2.24) is 0 Å². The summed E-state index contributed by atoms with van der Waals surface area (Å²) in [4.78, 5) is 22.1. The first-order valence-corrected chi connectivity index (χ1v) is 7.73. The maximum Gasteiger partial charge on any atom is 0.289 e. The first-order chi connectivity index (χ1) is 11.3. The predicted molar refractivity (Wildman–Crippen MR) is 93.4 cm³/mol. The highest BCUT2D eigenvalue weighted by atomic mass is 35.5. The van der Waals surface area contributed by atoms with E-state index in [0.717, 1.165) is 0 Å². The number of benzene rings is 2. The number of rotatable bonds is 5. The molecule has 1 N–H and O–H groups in total. The van der Waals surface area contributed by atoms with Crippen molar-refractivity contribution >= 4 is 52.1 Å². The number of nitrogens with zero attached hydrogens (tertiary/aromatic N) is 1. The Morgan fingerprint density at radius 3 is 2.54 bits per heavy atom. The van der Waals surface area contributed by atoms with E-state index >= 15 is 0 Å². The van der Waals surface area contributed by atoms with Crippen molar-refractivity contribution in [2.45, 2.75) is 6.92 Å². The van der Waals surface area contributed by atoms with E-state index in [-0.39, 0.29) is 28.0 Å². The highest BCUT2D eigenvalue weighted by Gasteiger charge is 2.15. The fourth-order valence-corrected chi connectivity index (χ4v) is 2.77. The van der Waals surface area contributed by atoms with Gasteiger partial charge in [-0.1, -0.05) is 34.8 Å². The van der Waals surface area contributed by atoms with Gasteiger partial charge >= 0.3 is 0 Å². The lowest BCUT2D eigenvalue weighted by Crippen LogP contribution is -2.20. The number of amides is 1. The molecule has 0 fully saturated rings. The number of nitro groups is 1. The topological polar surface area (TPSA) is 81.5 Å². The molecular weight excluding hydrogens is 379 g/mol. The molecule has 0 spiro atoms. The van der Waals surface area contributed by atoms with E-state index in [1.807, 2.05) is 0 Å². The average molecular weight is 390 g/mol. The third-order valence-electron chi connectivity index (χ3n) is 2.97. The Labute approximate surface area is 152 Å². The largest absolute Gasteiger partial charge is 0.482 e. The van der Waals surface area contributed by atoms with Gasteiger partial charge in [-0.15, -0.1) is 0 Å². The maximum absolute atomic E-state index is 11.9. The highest BCUT2D eigenvalue weighted by Crippen LogP contribution is 2.32. The van der Waals surface area contributed by atoms with Gasteiger partial charge in [0.15, 0.2) is 6.61 Å². The van der Waals surface area contributed by atoms with Gasteiger partial charge < -0.3 is 10.1 Å². The number of carbonyl (C=O) groups is 1. The van der Waals surface area contributed by atoms with E-state index in [1.165, 1.54) is 24.3 Å². The third-order valence-corrected chi connectivity index (χ3v) is 3.79. The zero-order chi connectivity index (χ0) is 17.9. The van der Waals surface area contributed by atoms with Crippen molar-refractivity contribution in [3.8, 4) is 5.75 Å². The van der Waals surface area contributed by atoms with Crippen molar-refractivity contribution < 1.29 is 14.5 Å². The zero-order valence-corrected chi connectivity index (χ0v) is 14.6. The monoisotopic (exact) mass is 388 g/mol. The smallest absolute Gasteiger partial charge is 0.289 e. The van der Waals surface area contributed by atoms with E-state index in [4.69, 9.17) is 39.5 Å². The lowest BCUT2D eigenvalue weighted by atomic mass is 10.2. The molecule has 0 heterocycles. The number of hydrogen-bond donors (Lipinski definition) is 1. The quantitative estimate of drug-likeness (QED) is 0.583. The molecule has 126 valence electrons. The zero-order valence-electron chi connectivity index (χ0n) is 12.3. The number of aryl methyl sites for hydroxylation is 1. The Bertz CT molecular complexity index is 788. The van der Waals surface area contributed by atoms with Gasteiger partial charge in [0.1, 0.15) is 10.8 Å². The van der Waals surface area contributed by atoms with Crippen LogP contribution in [0.3, 0.4) is 0 Å². The lowest BCUT2D eigenvalue weighted by Gasteiger charge is -2.11. The van der Waals surface area contributed by atoms with E-state index in [1.54, 1.807) is 13.0 Å². The van der Waals surface area contributed by atoms with E-state index in [9.17, 15) is 14.9 Å². The SMILES string of the molecule is Cc1cc(Cl)cc(Cl)c1OCC(=O)Nc1ccc(Cl)c([N+](=O)[O-])c1. The van der Waals surface area contributed by atoms with Crippen LogP contribution in [-0.4, -0.2) is 17.4 Å². The first-order valence-electron chi connectivity index (χ1n) is 6.60. The van der Waals surface area contributed by atoms with E-state index < -0.39 is 10.8 Å². The second-order valence-corrected chi connectivity index (χ2v) is 6.04. The van der Waals surface area contributed by atoms with Crippen LogP contribution in [0.25, 0.3) is 0 Å². The van der Waals surface area contributed by atoms with Gasteiger partial charge in [0.2, 0.25) is 0 Å². The maximum atomic E-state index is 11.9. The summed E-state index contributed by atoms with van der Waals surface area (Å²) in [5.41, 5.74) is 0.619. The summed E-state index contributed by atoms with van der Waals surface area (Å²) >= 11 is 17.6. The van der Waals surface area contributed by atoms with Crippen molar-refractivity contribution in [2.75, 3.05) is 11.9 Å². The molecule has 0 aromatic heterocycles. The van der Waals surface area contributed by atoms with Crippen LogP contribution < -0.4 is 10.1 Å². The molecule has 6 nitrogen and oxygen atoms in total. The average Bonchev–Trinajstić information content (AvgIpc) is 2.47. The molecule has 2 rings (SSSR count). The molecule has 9 heteroatoms. The van der Waals surface area contributed by atoms with Crippen molar-refractivity contribution in [3.05, 3.63) is 61.1 Å². The molecule has 0 bridgehead atoms. The van der Waals surface area contributed by atoms with Crippen molar-refractivity contribution in [1.29, 1.82) is 0 Å². The Balaban J connectivity index is 2.04. The second-order valence-electron chi connectivity index (χ2n) is 4.79. The van der Waals surface area contributed by atoms with Crippen molar-refractivity contribution in [2.24, 2.45) is 0 Å². The van der Waals surface area contributed by atoms with Gasteiger partial charge in [-0.3, -0.25) is 14.9 Å². The number of hydrogen-bond acceptors (Lipinski definition) is 4. The molecule has 24 heavy (non-hydrogen) atoms. The Hall–Kier alpha value is -2.02. The minimum Gasteiger partial charge on any atom is -0.482 e. The highest BCUT2D eigenvalue weighted by molar-refractivity contribution is 6.35. The van der Waals surface area contributed by atoms with Crippen LogP contribution >= 0.6 is 34.8 Å². The second kappa shape index (κ2) is 7.70. The molecule has 0 aliphatic carbocycles. The van der Waals surface area contributed by atoms with Crippen LogP contribution in [0.2, 0.25) is 15.1 Å². The summed E-state index contributed by atoms with van der Waals surface area (Å²) in [7, 11) is 0. The predicted octanol–water partition coefficient (Wildman–Crippen LogP) is 4.88. The van der Waals surface area contributed by atoms with Crippen LogP contribution in [0.15, 0.2) is 30.3 Å². The van der Waals surface area contributed by atoms with Crippen LogP contribution in [0.1, 0.15) is 5.56 Å². The van der Waals surface area contributed by atoms with Gasteiger partial charge in [-0.2, -0.15) is 0 Å². The molecule has 0 aliphatic rings. The number of ether oxygens (including phenoxy) is 1. The van der Waals surface area contributed by atoms with Crippen LogP contribution in [-0.2, 0) is 4.79 Å². The summed E-state index contributed by atoms with van der Waals surface area (Å²) < 4.78 is 5.40. The summed E-state index contributed by atoms with van der Waals surface area (Å²) in [6.45, 7) is 1.42. The Morgan fingerprint density at radius 1 is 1.21 bits per heavy atom. The molecule has 0 atom stereocenters. The van der Waals surface area contributed by atoms with E-state index in [0.29, 0.717) is 16.3 Å². The Kier molecular flexibility index (Phi) is 5.88. The number of nitrogens with one attached hydrogen (secondary N) is 1. The molecule has 1 amide bonds. The molecule has 2 aromatic carbocycles. The van der Waals surface area contributed by atoms with Crippen molar-refractivity contribution in [3.63, 3.8) is 0 Å². The van der Waals surface area contributed by atoms with Gasteiger partial charge in [0.25, 0.3) is 11.6 Å². The summed E-state index contributed by atoms with van der Waals surface area (Å²) in [5, 5.41) is 14.1. The van der Waals surface area contributed by atoms with Gasteiger partial charge in [0.05, 0.1) is 9.95 Å². The van der Waals surface area contributed by atoms with E-state index in [2.05, 4.69) is 5.32 Å². The Morgan fingerprint density at radius 2 is 1.92 bits per heavy atom. The number of anilines is 1. The fourth-order valence-electron chi connectivity index (χ4n) is 1.94. The minimum absolute atomic E-state index is 0.0159. The summed E-state index contributed by atoms with van der Waals surface area (Å²) in [6.07, 6.45) is 0. The van der Waals surface area contributed by atoms with Gasteiger partial charge in [-0.25, -0.2) is 0 Å². The molecule has 0 radical (unpaired) electrons. The molecule has 0 unspecified atom stereocenters. The summed E-state index contributed by atoms with van der Waals surface area (Å²) in [6, 6.07) is 7.11. The van der Waals surface area contributed by atoms with Gasteiger partial charge in [0, 0.05) is 16.8 Å². The molecular formula is C15H11Cl3N2O4. The molecule has 0 aliphatic heterocycles. The molecule has 2 aromatic rings. The lowest BCUT2D eigenvalue weighted by molar-refractivity contribution is -0.384. The van der Waals surface area contributed by atoms with Crippen LogP contribution in [0, 0.1) is 17.0 Å². The van der Waals surface area contributed by atoms with Crippen LogP contribution in [0.4, 0.5) is 11.4 Å². The van der Waals surface area contributed by atoms with Gasteiger partial charge in [-0.05, 0) is 36.8 Å². The normalized spacial score (nSPS) is 10.3. The number of carbonyl (C=O) groups excluding carboxylic acids is 1. The fraction of sp³-hybridized carbons (Fsp3) is 0.133. The number of nitro benzene ring substituents is 1. The standard InChI is InChI=1S/C15H11Cl3N2O4/c1-8-4-9(16)5-12(18)15(8)24-7-14(21)19-10-2-3-11(17)13(6-10)20(22)23/h2-6H,7H2,1H3,(H,19,21). The third kappa shape index (κ3) is 4.50. The van der Waals surface area contributed by atoms with Crippen LogP contribution in [0.5, 0.6) is 5.75 Å². The molecule has 0 saturated heterocycles.